The SMILES string of the molecule is Cc1cc(Nc2ncnc3cnc(N4CC[C@@H](O)C4)nc23)ccc1Oc1ccc2c(c1)ncn2C. The molecule has 176 valence electrons. The second kappa shape index (κ2) is 8.48. The monoisotopic (exact) mass is 468 g/mol. The average Bonchev–Trinajstić information content (AvgIpc) is 3.46. The summed E-state index contributed by atoms with van der Waals surface area (Å²) in [6, 6.07) is 11.7. The molecule has 0 spiro atoms. The number of aliphatic hydroxyl groups is 1. The molecule has 35 heavy (non-hydrogen) atoms. The minimum atomic E-state index is -0.353. The van der Waals surface area contributed by atoms with E-state index in [-0.39, 0.29) is 6.10 Å². The van der Waals surface area contributed by atoms with Gasteiger partial charge in [-0.25, -0.2) is 24.9 Å². The van der Waals surface area contributed by atoms with Crippen molar-refractivity contribution in [2.75, 3.05) is 23.3 Å². The van der Waals surface area contributed by atoms with E-state index in [0.29, 0.717) is 35.8 Å². The lowest BCUT2D eigenvalue weighted by molar-refractivity contribution is 0.198. The Hall–Kier alpha value is -4.31. The van der Waals surface area contributed by atoms with Crippen molar-refractivity contribution in [3.63, 3.8) is 0 Å². The number of ether oxygens (including phenoxy) is 1. The van der Waals surface area contributed by atoms with Gasteiger partial charge in [-0.3, -0.25) is 0 Å². The normalized spacial score (nSPS) is 15.7. The average molecular weight is 469 g/mol. The van der Waals surface area contributed by atoms with Crippen LogP contribution in [0.15, 0.2) is 55.2 Å². The summed E-state index contributed by atoms with van der Waals surface area (Å²) in [5.74, 6) is 2.65. The van der Waals surface area contributed by atoms with Gasteiger partial charge in [-0.15, -0.1) is 0 Å². The fourth-order valence-electron chi connectivity index (χ4n) is 4.30. The molecule has 1 saturated heterocycles. The van der Waals surface area contributed by atoms with Crippen molar-refractivity contribution < 1.29 is 9.84 Å². The number of aliphatic hydroxyl groups excluding tert-OH is 1. The van der Waals surface area contributed by atoms with Crippen LogP contribution in [0.3, 0.4) is 0 Å². The van der Waals surface area contributed by atoms with Gasteiger partial charge in [0.25, 0.3) is 0 Å². The molecule has 4 heterocycles. The van der Waals surface area contributed by atoms with Crippen molar-refractivity contribution in [1.29, 1.82) is 0 Å². The molecular formula is C25H24N8O2. The molecule has 1 aliphatic heterocycles. The highest BCUT2D eigenvalue weighted by Crippen LogP contribution is 2.31. The van der Waals surface area contributed by atoms with Gasteiger partial charge in [0, 0.05) is 31.9 Å². The second-order valence-electron chi connectivity index (χ2n) is 8.73. The highest BCUT2D eigenvalue weighted by Gasteiger charge is 2.23. The molecule has 0 radical (unpaired) electrons. The Kier molecular flexibility index (Phi) is 5.14. The summed E-state index contributed by atoms with van der Waals surface area (Å²) in [7, 11) is 1.97. The fraction of sp³-hybridized carbons (Fsp3) is 0.240. The highest BCUT2D eigenvalue weighted by atomic mass is 16.5. The van der Waals surface area contributed by atoms with Gasteiger partial charge in [-0.05, 0) is 49.2 Å². The number of fused-ring (bicyclic) bond motifs is 2. The summed E-state index contributed by atoms with van der Waals surface area (Å²) in [5.41, 5.74) is 5.04. The molecule has 1 atom stereocenters. The number of benzene rings is 2. The number of rotatable bonds is 5. The maximum atomic E-state index is 9.86. The summed E-state index contributed by atoms with van der Waals surface area (Å²) >= 11 is 0. The van der Waals surface area contributed by atoms with Crippen LogP contribution >= 0.6 is 0 Å². The fourth-order valence-corrected chi connectivity index (χ4v) is 4.30. The number of anilines is 3. The van der Waals surface area contributed by atoms with E-state index in [4.69, 9.17) is 9.72 Å². The predicted molar refractivity (Wildman–Crippen MR) is 133 cm³/mol. The molecule has 0 unspecified atom stereocenters. The maximum Gasteiger partial charge on any atom is 0.226 e. The van der Waals surface area contributed by atoms with Gasteiger partial charge in [0.2, 0.25) is 5.95 Å². The minimum absolute atomic E-state index is 0.353. The molecule has 0 aliphatic carbocycles. The molecule has 5 aromatic rings. The summed E-state index contributed by atoms with van der Waals surface area (Å²) < 4.78 is 8.11. The van der Waals surface area contributed by atoms with Crippen LogP contribution in [-0.2, 0) is 7.05 Å². The van der Waals surface area contributed by atoms with E-state index in [2.05, 4.69) is 25.3 Å². The Bertz CT molecular complexity index is 1550. The Morgan fingerprint density at radius 3 is 2.80 bits per heavy atom. The van der Waals surface area contributed by atoms with E-state index in [9.17, 15) is 5.11 Å². The maximum absolute atomic E-state index is 9.86. The zero-order valence-corrected chi connectivity index (χ0v) is 19.4. The lowest BCUT2D eigenvalue weighted by Gasteiger charge is -2.16. The van der Waals surface area contributed by atoms with Crippen molar-refractivity contribution >= 4 is 39.5 Å². The van der Waals surface area contributed by atoms with Gasteiger partial charge >= 0.3 is 0 Å². The van der Waals surface area contributed by atoms with Gasteiger partial charge in [0.1, 0.15) is 28.9 Å². The van der Waals surface area contributed by atoms with Gasteiger partial charge in [-0.2, -0.15) is 0 Å². The number of β-amino-alcohol motifs (C(OH)–C–C–N with tert-alkyl or cyclic N) is 1. The molecule has 10 heteroatoms. The molecular weight excluding hydrogens is 444 g/mol. The van der Waals surface area contributed by atoms with Crippen LogP contribution in [-0.4, -0.2) is 53.8 Å². The van der Waals surface area contributed by atoms with Crippen molar-refractivity contribution in [2.45, 2.75) is 19.4 Å². The molecule has 10 nitrogen and oxygen atoms in total. The molecule has 1 fully saturated rings. The zero-order chi connectivity index (χ0) is 23.9. The van der Waals surface area contributed by atoms with Gasteiger partial charge in [0.05, 0.1) is 29.7 Å². The smallest absolute Gasteiger partial charge is 0.226 e. The van der Waals surface area contributed by atoms with Gasteiger partial charge in [-0.1, -0.05) is 0 Å². The number of hydrogen-bond acceptors (Lipinski definition) is 9. The highest BCUT2D eigenvalue weighted by molar-refractivity contribution is 5.87. The first-order valence-electron chi connectivity index (χ1n) is 11.4. The van der Waals surface area contributed by atoms with E-state index in [1.165, 1.54) is 6.33 Å². The third-order valence-corrected chi connectivity index (χ3v) is 6.17. The Morgan fingerprint density at radius 1 is 1.06 bits per heavy atom. The summed E-state index contributed by atoms with van der Waals surface area (Å²) in [6.07, 6.45) is 5.33. The third kappa shape index (κ3) is 4.08. The number of nitrogens with zero attached hydrogens (tertiary/aromatic N) is 7. The van der Waals surface area contributed by atoms with Gasteiger partial charge < -0.3 is 24.6 Å². The van der Waals surface area contributed by atoms with Crippen LogP contribution in [0, 0.1) is 6.92 Å². The van der Waals surface area contributed by atoms with E-state index < -0.39 is 0 Å². The van der Waals surface area contributed by atoms with Crippen LogP contribution in [0.4, 0.5) is 17.5 Å². The lowest BCUT2D eigenvalue weighted by Crippen LogP contribution is -2.23. The zero-order valence-electron chi connectivity index (χ0n) is 19.4. The Labute approximate surface area is 201 Å². The number of aryl methyl sites for hydroxylation is 2. The van der Waals surface area contributed by atoms with Crippen LogP contribution < -0.4 is 15.0 Å². The summed E-state index contributed by atoms with van der Waals surface area (Å²) in [5, 5.41) is 13.2. The first-order valence-corrected chi connectivity index (χ1v) is 11.4. The van der Waals surface area contributed by atoms with Crippen molar-refractivity contribution in [2.24, 2.45) is 7.05 Å². The first-order chi connectivity index (χ1) is 17.0. The van der Waals surface area contributed by atoms with Crippen molar-refractivity contribution in [3.8, 4) is 11.5 Å². The van der Waals surface area contributed by atoms with E-state index in [1.54, 1.807) is 12.5 Å². The van der Waals surface area contributed by atoms with Crippen LogP contribution in [0.2, 0.25) is 0 Å². The molecule has 2 aromatic carbocycles. The molecule has 0 saturated carbocycles. The number of aromatic nitrogens is 6. The van der Waals surface area contributed by atoms with Crippen LogP contribution in [0.5, 0.6) is 11.5 Å². The second-order valence-corrected chi connectivity index (χ2v) is 8.73. The number of nitrogens with one attached hydrogen (secondary N) is 1. The quantitative estimate of drug-likeness (QED) is 0.398. The number of imidazole rings is 1. The molecule has 0 amide bonds. The van der Waals surface area contributed by atoms with E-state index >= 15 is 0 Å². The largest absolute Gasteiger partial charge is 0.457 e. The van der Waals surface area contributed by atoms with E-state index in [0.717, 1.165) is 40.3 Å². The standard InChI is InChI=1S/C25H24N8O2/c1-15-9-16(3-6-22(15)35-18-4-5-21-19(10-18)29-14-32(21)2)30-24-23-20(27-13-28-24)11-26-25(31-23)33-8-7-17(34)12-33/h3-6,9-11,13-14,17,34H,7-8,12H2,1-2H3,(H,27,28,30)/t17-/m1/s1. The molecule has 0 bridgehead atoms. The van der Waals surface area contributed by atoms with Crippen LogP contribution in [0.25, 0.3) is 22.1 Å². The Morgan fingerprint density at radius 2 is 1.97 bits per heavy atom. The molecule has 2 N–H and O–H groups in total. The summed E-state index contributed by atoms with van der Waals surface area (Å²) in [6.45, 7) is 3.24. The number of hydrogen-bond donors (Lipinski definition) is 2. The van der Waals surface area contributed by atoms with Crippen molar-refractivity contribution in [1.82, 2.24) is 29.5 Å². The lowest BCUT2D eigenvalue weighted by atomic mass is 10.2. The topological polar surface area (TPSA) is 114 Å². The van der Waals surface area contributed by atoms with Gasteiger partial charge in [0.15, 0.2) is 5.82 Å². The Balaban J connectivity index is 1.25. The summed E-state index contributed by atoms with van der Waals surface area (Å²) in [4.78, 5) is 24.2. The van der Waals surface area contributed by atoms with Crippen molar-refractivity contribution in [3.05, 3.63) is 60.8 Å². The molecule has 1 aliphatic rings. The van der Waals surface area contributed by atoms with Crippen LogP contribution in [0.1, 0.15) is 12.0 Å². The first kappa shape index (κ1) is 21.2. The predicted octanol–water partition coefficient (Wildman–Crippen LogP) is 3.72. The van der Waals surface area contributed by atoms with E-state index in [1.807, 2.05) is 59.8 Å². The third-order valence-electron chi connectivity index (χ3n) is 6.17. The minimum Gasteiger partial charge on any atom is -0.457 e. The molecule has 3 aromatic heterocycles. The molecule has 6 rings (SSSR count).